The average Bonchev–Trinajstić information content (AvgIpc) is 2.66. The highest BCUT2D eigenvalue weighted by molar-refractivity contribution is 6.12. The molecule has 0 saturated heterocycles. The van der Waals surface area contributed by atoms with Crippen LogP contribution >= 0.6 is 0 Å². The smallest absolute Gasteiger partial charge is 0.125 e. The van der Waals surface area contributed by atoms with E-state index < -0.39 is 6.10 Å². The third kappa shape index (κ3) is 2.56. The molecule has 4 rings (SSSR count). The summed E-state index contributed by atoms with van der Waals surface area (Å²) in [6, 6.07) is 9.76. The molecule has 5 nitrogen and oxygen atoms in total. The van der Waals surface area contributed by atoms with Crippen LogP contribution in [0.25, 0.3) is 21.5 Å². The summed E-state index contributed by atoms with van der Waals surface area (Å²) in [7, 11) is 3.59. The van der Waals surface area contributed by atoms with Crippen LogP contribution in [-0.4, -0.2) is 40.9 Å². The third-order valence-corrected chi connectivity index (χ3v) is 5.33. The fourth-order valence-corrected chi connectivity index (χ4v) is 4.14. The quantitative estimate of drug-likeness (QED) is 0.631. The summed E-state index contributed by atoms with van der Waals surface area (Å²) in [5.74, 6) is 0.641. The Bertz CT molecular complexity index is 999. The molecule has 3 N–H and O–H groups in total. The summed E-state index contributed by atoms with van der Waals surface area (Å²) in [6.45, 7) is 1.17. The fourth-order valence-electron chi connectivity index (χ4n) is 4.14. The Morgan fingerprint density at radius 1 is 1.04 bits per heavy atom. The van der Waals surface area contributed by atoms with Gasteiger partial charge in [0.25, 0.3) is 0 Å². The maximum atomic E-state index is 10.8. The van der Waals surface area contributed by atoms with Crippen molar-refractivity contribution in [3.63, 3.8) is 0 Å². The summed E-state index contributed by atoms with van der Waals surface area (Å²) in [5.41, 5.74) is 3.59. The second-order valence-electron chi connectivity index (χ2n) is 7.01. The van der Waals surface area contributed by atoms with E-state index in [0.29, 0.717) is 12.3 Å². The van der Waals surface area contributed by atoms with Crippen LogP contribution in [0.15, 0.2) is 30.3 Å². The number of methoxy groups -OCH3 is 1. The lowest BCUT2D eigenvalue weighted by Gasteiger charge is -2.32. The first-order chi connectivity index (χ1) is 12.6. The van der Waals surface area contributed by atoms with Crippen LogP contribution in [0, 0.1) is 0 Å². The number of ether oxygens (including phenoxy) is 1. The van der Waals surface area contributed by atoms with Gasteiger partial charge in [0, 0.05) is 18.7 Å². The molecule has 0 aliphatic carbocycles. The zero-order valence-corrected chi connectivity index (χ0v) is 15.0. The van der Waals surface area contributed by atoms with Crippen molar-refractivity contribution < 1.29 is 20.1 Å². The molecule has 1 aliphatic rings. The van der Waals surface area contributed by atoms with Crippen molar-refractivity contribution in [2.75, 3.05) is 20.7 Å². The van der Waals surface area contributed by atoms with Crippen LogP contribution in [0.5, 0.6) is 5.75 Å². The average molecular weight is 353 g/mol. The molecule has 0 aromatic heterocycles. The Balaban J connectivity index is 2.19. The van der Waals surface area contributed by atoms with Crippen LogP contribution < -0.4 is 4.74 Å². The molecule has 26 heavy (non-hydrogen) atoms. The van der Waals surface area contributed by atoms with E-state index >= 15 is 0 Å². The molecule has 1 aliphatic heterocycles. The summed E-state index contributed by atoms with van der Waals surface area (Å²) in [5, 5.41) is 34.1. The Labute approximate surface area is 152 Å². The number of hydrogen-bond donors (Lipinski definition) is 3. The van der Waals surface area contributed by atoms with Crippen LogP contribution in [0.2, 0.25) is 0 Å². The van der Waals surface area contributed by atoms with Gasteiger partial charge in [-0.05, 0) is 63.5 Å². The minimum Gasteiger partial charge on any atom is -0.496 e. The van der Waals surface area contributed by atoms with Crippen LogP contribution in [0.1, 0.15) is 28.4 Å². The number of rotatable bonds is 3. The van der Waals surface area contributed by atoms with Crippen molar-refractivity contribution in [2.45, 2.75) is 25.9 Å². The molecular weight excluding hydrogens is 330 g/mol. The zero-order valence-electron chi connectivity index (χ0n) is 15.0. The summed E-state index contributed by atoms with van der Waals surface area (Å²) < 4.78 is 5.47. The highest BCUT2D eigenvalue weighted by atomic mass is 16.5. The monoisotopic (exact) mass is 353 g/mol. The van der Waals surface area contributed by atoms with E-state index in [2.05, 4.69) is 4.90 Å². The van der Waals surface area contributed by atoms with Crippen LogP contribution in [0.4, 0.5) is 0 Å². The van der Waals surface area contributed by atoms with Gasteiger partial charge in [0.15, 0.2) is 0 Å². The van der Waals surface area contributed by atoms with E-state index in [1.165, 1.54) is 0 Å². The number of hydrogen-bond acceptors (Lipinski definition) is 5. The van der Waals surface area contributed by atoms with E-state index in [1.54, 1.807) is 7.11 Å². The minimum absolute atomic E-state index is 0.0389. The molecule has 0 spiro atoms. The molecule has 1 unspecified atom stereocenters. The van der Waals surface area contributed by atoms with Crippen molar-refractivity contribution in [3.8, 4) is 5.75 Å². The molecule has 1 atom stereocenters. The number of nitrogens with zero attached hydrogens (tertiary/aromatic N) is 1. The molecule has 3 aromatic rings. The Hall–Kier alpha value is -2.18. The van der Waals surface area contributed by atoms with Crippen LogP contribution in [-0.2, 0) is 19.8 Å². The van der Waals surface area contributed by atoms with E-state index in [4.69, 9.17) is 4.74 Å². The standard InChI is InChI=1S/C21H23NO4/c1-22-8-18-17-7-20(26-2)13(11-24)6-16(17)15-5-12(10-23)3-4-14(15)21(18)19(25)9-22/h3-7,19,23-25H,8-11H2,1-2H3. The molecule has 0 radical (unpaired) electrons. The number of aliphatic hydroxyl groups excluding tert-OH is 3. The lowest BCUT2D eigenvalue weighted by molar-refractivity contribution is 0.110. The molecule has 0 saturated carbocycles. The fraction of sp³-hybridized carbons (Fsp3) is 0.333. The molecule has 0 amide bonds. The van der Waals surface area contributed by atoms with E-state index in [1.807, 2.05) is 37.4 Å². The number of fused-ring (bicyclic) bond motifs is 6. The first-order valence-electron chi connectivity index (χ1n) is 8.73. The molecule has 3 aromatic carbocycles. The second-order valence-corrected chi connectivity index (χ2v) is 7.01. The van der Waals surface area contributed by atoms with E-state index in [9.17, 15) is 15.3 Å². The maximum absolute atomic E-state index is 10.8. The van der Waals surface area contributed by atoms with Gasteiger partial charge in [0.2, 0.25) is 0 Å². The van der Waals surface area contributed by atoms with Crippen molar-refractivity contribution >= 4 is 21.5 Å². The van der Waals surface area contributed by atoms with Crippen molar-refractivity contribution in [3.05, 3.63) is 52.6 Å². The number of benzene rings is 3. The van der Waals surface area contributed by atoms with Crippen molar-refractivity contribution in [2.24, 2.45) is 0 Å². The second kappa shape index (κ2) is 6.52. The van der Waals surface area contributed by atoms with Gasteiger partial charge in [-0.25, -0.2) is 0 Å². The summed E-state index contributed by atoms with van der Waals surface area (Å²) in [4.78, 5) is 2.10. The maximum Gasteiger partial charge on any atom is 0.125 e. The summed E-state index contributed by atoms with van der Waals surface area (Å²) >= 11 is 0. The number of aliphatic hydroxyl groups is 3. The van der Waals surface area contributed by atoms with Gasteiger partial charge >= 0.3 is 0 Å². The molecule has 0 fully saturated rings. The number of β-amino-alcohol motifs (C(OH)–C–C–N with tert-alkyl or cyclic N) is 1. The van der Waals surface area contributed by atoms with Gasteiger partial charge in [-0.15, -0.1) is 0 Å². The van der Waals surface area contributed by atoms with Gasteiger partial charge in [-0.3, -0.25) is 4.90 Å². The van der Waals surface area contributed by atoms with Crippen molar-refractivity contribution in [1.82, 2.24) is 4.90 Å². The Morgan fingerprint density at radius 2 is 1.81 bits per heavy atom. The van der Waals surface area contributed by atoms with Crippen molar-refractivity contribution in [1.29, 1.82) is 0 Å². The van der Waals surface area contributed by atoms with Gasteiger partial charge in [-0.2, -0.15) is 0 Å². The van der Waals surface area contributed by atoms with Gasteiger partial charge in [0.1, 0.15) is 5.75 Å². The first kappa shape index (κ1) is 17.2. The zero-order chi connectivity index (χ0) is 18.4. The topological polar surface area (TPSA) is 73.2 Å². The largest absolute Gasteiger partial charge is 0.496 e. The molecule has 5 heteroatoms. The van der Waals surface area contributed by atoms with E-state index in [0.717, 1.165) is 50.3 Å². The van der Waals surface area contributed by atoms with Gasteiger partial charge in [0.05, 0.1) is 26.4 Å². The summed E-state index contributed by atoms with van der Waals surface area (Å²) in [6.07, 6.45) is -0.570. The molecule has 0 bridgehead atoms. The lowest BCUT2D eigenvalue weighted by atomic mass is 9.85. The first-order valence-corrected chi connectivity index (χ1v) is 8.73. The third-order valence-electron chi connectivity index (χ3n) is 5.33. The van der Waals surface area contributed by atoms with Gasteiger partial charge in [-0.1, -0.05) is 12.1 Å². The number of likely N-dealkylation sites (N-methyl/N-ethyl adjacent to an activating group) is 1. The SMILES string of the molecule is COc1cc2c3c(c4ccc(CO)cc4c2cc1CO)C(O)CN(C)C3. The Morgan fingerprint density at radius 3 is 2.50 bits per heavy atom. The predicted molar refractivity (Wildman–Crippen MR) is 101 cm³/mol. The predicted octanol–water partition coefficient (Wildman–Crippen LogP) is 2.46. The Kier molecular flexibility index (Phi) is 4.32. The highest BCUT2D eigenvalue weighted by Gasteiger charge is 2.27. The molecule has 1 heterocycles. The lowest BCUT2D eigenvalue weighted by Crippen LogP contribution is -2.30. The van der Waals surface area contributed by atoms with Gasteiger partial charge < -0.3 is 20.1 Å². The molecule has 136 valence electrons. The van der Waals surface area contributed by atoms with E-state index in [-0.39, 0.29) is 13.2 Å². The highest BCUT2D eigenvalue weighted by Crippen LogP contribution is 2.41. The van der Waals surface area contributed by atoms with Crippen LogP contribution in [0.3, 0.4) is 0 Å². The molecular formula is C21H23NO4. The minimum atomic E-state index is -0.570. The normalized spacial score (nSPS) is 17.7.